The molecule has 0 radical (unpaired) electrons. The number of nitrogens with one attached hydrogen (secondary N) is 2. The smallest absolute Gasteiger partial charge is 0.254 e. The average Bonchev–Trinajstić information content (AvgIpc) is 3.14. The highest BCUT2D eigenvalue weighted by atomic mass is 16.2. The summed E-state index contributed by atoms with van der Waals surface area (Å²) in [7, 11) is 0. The molecule has 2 amide bonds. The van der Waals surface area contributed by atoms with Crippen molar-refractivity contribution in [2.24, 2.45) is 0 Å². The van der Waals surface area contributed by atoms with Gasteiger partial charge < -0.3 is 10.2 Å². The second kappa shape index (κ2) is 6.20. The molecular formula is C16H19N5O2. The van der Waals surface area contributed by atoms with Gasteiger partial charge in [-0.15, -0.1) is 0 Å². The van der Waals surface area contributed by atoms with Gasteiger partial charge in [0.2, 0.25) is 5.91 Å². The Morgan fingerprint density at radius 2 is 2.26 bits per heavy atom. The molecule has 0 aromatic carbocycles. The SMILES string of the molecule is CC(=O)Nc1cc(C(=O)N2CC[C@@H](c3[nH]ncc3C)C2)ccn1. The molecule has 0 spiro atoms. The zero-order valence-electron chi connectivity index (χ0n) is 13.2. The van der Waals surface area contributed by atoms with Crippen molar-refractivity contribution < 1.29 is 9.59 Å². The van der Waals surface area contributed by atoms with Crippen molar-refractivity contribution in [2.45, 2.75) is 26.2 Å². The normalized spacial score (nSPS) is 17.3. The van der Waals surface area contributed by atoms with Crippen molar-refractivity contribution in [1.82, 2.24) is 20.1 Å². The average molecular weight is 313 g/mol. The van der Waals surface area contributed by atoms with Crippen LogP contribution in [0.3, 0.4) is 0 Å². The van der Waals surface area contributed by atoms with Gasteiger partial charge in [0.15, 0.2) is 0 Å². The molecule has 23 heavy (non-hydrogen) atoms. The van der Waals surface area contributed by atoms with E-state index in [4.69, 9.17) is 0 Å². The van der Waals surface area contributed by atoms with E-state index in [1.165, 1.54) is 13.1 Å². The van der Waals surface area contributed by atoms with Crippen molar-refractivity contribution in [3.63, 3.8) is 0 Å². The highest BCUT2D eigenvalue weighted by Crippen LogP contribution is 2.28. The molecule has 7 nitrogen and oxygen atoms in total. The summed E-state index contributed by atoms with van der Waals surface area (Å²) in [6, 6.07) is 3.28. The Labute approximate surface area is 134 Å². The number of carbonyl (C=O) groups excluding carboxylic acids is 2. The molecule has 3 rings (SSSR count). The highest BCUT2D eigenvalue weighted by Gasteiger charge is 2.29. The van der Waals surface area contributed by atoms with Crippen molar-refractivity contribution in [2.75, 3.05) is 18.4 Å². The summed E-state index contributed by atoms with van der Waals surface area (Å²) in [5.74, 6) is 0.429. The van der Waals surface area contributed by atoms with E-state index in [-0.39, 0.29) is 17.7 Å². The Morgan fingerprint density at radius 3 is 2.96 bits per heavy atom. The third kappa shape index (κ3) is 3.23. The number of carbonyl (C=O) groups is 2. The molecular weight excluding hydrogens is 294 g/mol. The highest BCUT2D eigenvalue weighted by molar-refractivity contribution is 5.96. The molecule has 2 N–H and O–H groups in total. The van der Waals surface area contributed by atoms with E-state index in [1.807, 2.05) is 18.0 Å². The van der Waals surface area contributed by atoms with Gasteiger partial charge in [-0.2, -0.15) is 5.10 Å². The Balaban J connectivity index is 1.72. The van der Waals surface area contributed by atoms with Crippen LogP contribution in [0, 0.1) is 6.92 Å². The topological polar surface area (TPSA) is 91.0 Å². The number of hydrogen-bond donors (Lipinski definition) is 2. The number of aromatic amines is 1. The van der Waals surface area contributed by atoms with Gasteiger partial charge in [0.1, 0.15) is 5.82 Å². The second-order valence-electron chi connectivity index (χ2n) is 5.81. The first-order valence-electron chi connectivity index (χ1n) is 7.57. The monoisotopic (exact) mass is 313 g/mol. The van der Waals surface area contributed by atoms with Gasteiger partial charge in [-0.3, -0.25) is 14.7 Å². The van der Waals surface area contributed by atoms with Crippen LogP contribution in [0.5, 0.6) is 0 Å². The Bertz CT molecular complexity index is 740. The van der Waals surface area contributed by atoms with Gasteiger partial charge in [0.25, 0.3) is 5.91 Å². The van der Waals surface area contributed by atoms with Gasteiger partial charge >= 0.3 is 0 Å². The molecule has 7 heteroatoms. The van der Waals surface area contributed by atoms with Crippen LogP contribution >= 0.6 is 0 Å². The third-order valence-electron chi connectivity index (χ3n) is 4.06. The summed E-state index contributed by atoms with van der Waals surface area (Å²) in [5.41, 5.74) is 2.76. The molecule has 0 unspecified atom stereocenters. The van der Waals surface area contributed by atoms with E-state index >= 15 is 0 Å². The molecule has 1 aliphatic rings. The summed E-state index contributed by atoms with van der Waals surface area (Å²) in [6.07, 6.45) is 4.26. The number of anilines is 1. The number of hydrogen-bond acceptors (Lipinski definition) is 4. The minimum Gasteiger partial charge on any atom is -0.338 e. The van der Waals surface area contributed by atoms with Gasteiger partial charge in [-0.05, 0) is 31.0 Å². The summed E-state index contributed by atoms with van der Waals surface area (Å²) in [5, 5.41) is 9.68. The molecule has 1 fully saturated rings. The molecule has 1 saturated heterocycles. The van der Waals surface area contributed by atoms with Crippen LogP contribution in [0.1, 0.15) is 40.9 Å². The fourth-order valence-electron chi connectivity index (χ4n) is 2.94. The van der Waals surface area contributed by atoms with Crippen LogP contribution in [0.2, 0.25) is 0 Å². The maximum atomic E-state index is 12.6. The third-order valence-corrected chi connectivity index (χ3v) is 4.06. The van der Waals surface area contributed by atoms with Crippen LogP contribution in [-0.2, 0) is 4.79 Å². The van der Waals surface area contributed by atoms with Crippen LogP contribution in [0.15, 0.2) is 24.5 Å². The van der Waals surface area contributed by atoms with E-state index in [0.29, 0.717) is 24.5 Å². The lowest BCUT2D eigenvalue weighted by Crippen LogP contribution is -2.28. The lowest BCUT2D eigenvalue weighted by atomic mass is 10.0. The largest absolute Gasteiger partial charge is 0.338 e. The predicted molar refractivity (Wildman–Crippen MR) is 85.1 cm³/mol. The maximum absolute atomic E-state index is 12.6. The van der Waals surface area contributed by atoms with Crippen LogP contribution in [0.4, 0.5) is 5.82 Å². The molecule has 2 aromatic rings. The zero-order valence-corrected chi connectivity index (χ0v) is 13.2. The molecule has 120 valence electrons. The lowest BCUT2D eigenvalue weighted by molar-refractivity contribution is -0.114. The minimum absolute atomic E-state index is 0.0429. The van der Waals surface area contributed by atoms with Gasteiger partial charge in [0, 0.05) is 43.4 Å². The molecule has 0 aliphatic carbocycles. The Kier molecular flexibility index (Phi) is 4.10. The molecule has 3 heterocycles. The second-order valence-corrected chi connectivity index (χ2v) is 5.81. The van der Waals surface area contributed by atoms with Crippen molar-refractivity contribution in [3.8, 4) is 0 Å². The summed E-state index contributed by atoms with van der Waals surface area (Å²) >= 11 is 0. The quantitative estimate of drug-likeness (QED) is 0.902. The number of aromatic nitrogens is 3. The number of rotatable bonds is 3. The molecule has 0 saturated carbocycles. The Morgan fingerprint density at radius 1 is 1.43 bits per heavy atom. The molecule has 2 aromatic heterocycles. The predicted octanol–water partition coefficient (Wildman–Crippen LogP) is 1.70. The maximum Gasteiger partial charge on any atom is 0.254 e. The van der Waals surface area contributed by atoms with E-state index in [2.05, 4.69) is 20.5 Å². The van der Waals surface area contributed by atoms with Gasteiger partial charge in [0.05, 0.1) is 6.20 Å². The van der Waals surface area contributed by atoms with Crippen LogP contribution < -0.4 is 5.32 Å². The van der Waals surface area contributed by atoms with E-state index in [0.717, 1.165) is 17.7 Å². The van der Waals surface area contributed by atoms with Gasteiger partial charge in [-0.1, -0.05) is 0 Å². The summed E-state index contributed by atoms with van der Waals surface area (Å²) in [4.78, 5) is 29.6. The minimum atomic E-state index is -0.210. The zero-order chi connectivity index (χ0) is 16.4. The number of pyridine rings is 1. The lowest BCUT2D eigenvalue weighted by Gasteiger charge is -2.17. The number of H-pyrrole nitrogens is 1. The summed E-state index contributed by atoms with van der Waals surface area (Å²) in [6.45, 7) is 4.80. The van der Waals surface area contributed by atoms with Crippen molar-refractivity contribution in [1.29, 1.82) is 0 Å². The van der Waals surface area contributed by atoms with Crippen LogP contribution in [0.25, 0.3) is 0 Å². The Hall–Kier alpha value is -2.70. The first-order valence-corrected chi connectivity index (χ1v) is 7.57. The fraction of sp³-hybridized carbons (Fsp3) is 0.375. The summed E-state index contributed by atoms with van der Waals surface area (Å²) < 4.78 is 0. The first kappa shape index (κ1) is 15.2. The van der Waals surface area contributed by atoms with E-state index in [9.17, 15) is 9.59 Å². The first-order chi connectivity index (χ1) is 11.0. The van der Waals surface area contributed by atoms with Gasteiger partial charge in [-0.25, -0.2) is 4.98 Å². The number of likely N-dealkylation sites (tertiary alicyclic amines) is 1. The van der Waals surface area contributed by atoms with E-state index in [1.54, 1.807) is 12.1 Å². The molecule has 0 bridgehead atoms. The standard InChI is InChI=1S/C16H19N5O2/c1-10-8-18-20-15(10)13-4-6-21(9-13)16(23)12-3-5-17-14(7-12)19-11(2)22/h3,5,7-8,13H,4,6,9H2,1-2H3,(H,18,20)(H,17,19,22)/t13-/m1/s1. The fourth-order valence-corrected chi connectivity index (χ4v) is 2.94. The van der Waals surface area contributed by atoms with Crippen LogP contribution in [-0.4, -0.2) is 45.0 Å². The number of aryl methyl sites for hydroxylation is 1. The number of amides is 2. The van der Waals surface area contributed by atoms with E-state index < -0.39 is 0 Å². The molecule has 1 aliphatic heterocycles. The van der Waals surface area contributed by atoms with Crippen molar-refractivity contribution in [3.05, 3.63) is 41.3 Å². The number of nitrogens with zero attached hydrogens (tertiary/aromatic N) is 3. The molecule has 1 atom stereocenters. The van der Waals surface area contributed by atoms with Crippen molar-refractivity contribution >= 4 is 17.6 Å².